The molecule has 0 aromatic heterocycles. The van der Waals surface area contributed by atoms with Crippen LogP contribution in [0, 0.1) is 11.8 Å². The lowest BCUT2D eigenvalue weighted by Gasteiger charge is -2.53. The Bertz CT molecular complexity index is 592. The maximum atomic E-state index is 13.3. The molecule has 2 rings (SSSR count). The number of rotatable bonds is 8. The summed E-state index contributed by atoms with van der Waals surface area (Å²) < 4.78 is 32.7. The van der Waals surface area contributed by atoms with Gasteiger partial charge in [-0.05, 0) is 44.4 Å². The van der Waals surface area contributed by atoms with Gasteiger partial charge in [0.15, 0.2) is 0 Å². The summed E-state index contributed by atoms with van der Waals surface area (Å²) in [5.41, 5.74) is -1.89. The van der Waals surface area contributed by atoms with Crippen molar-refractivity contribution in [1.82, 2.24) is 10.6 Å². The first-order chi connectivity index (χ1) is 13.8. The van der Waals surface area contributed by atoms with Gasteiger partial charge in [0, 0.05) is 19.4 Å². The molecule has 2 saturated heterocycles. The van der Waals surface area contributed by atoms with Crippen molar-refractivity contribution in [2.45, 2.75) is 94.3 Å². The molecule has 0 aliphatic carbocycles. The molecule has 1 amide bonds. The van der Waals surface area contributed by atoms with E-state index in [2.05, 4.69) is 10.6 Å². The predicted molar refractivity (Wildman–Crippen MR) is 111 cm³/mol. The van der Waals surface area contributed by atoms with E-state index in [4.69, 9.17) is 4.74 Å². The molecule has 30 heavy (non-hydrogen) atoms. The average molecular weight is 455 g/mol. The van der Waals surface area contributed by atoms with Gasteiger partial charge in [-0.3, -0.25) is 4.79 Å². The Kier molecular flexibility index (Phi) is 8.54. The second kappa shape index (κ2) is 9.95. The van der Waals surface area contributed by atoms with Crippen molar-refractivity contribution in [3.05, 3.63) is 0 Å². The predicted octanol–water partition coefficient (Wildman–Crippen LogP) is 1.10. The van der Waals surface area contributed by atoms with Gasteiger partial charge in [0.05, 0.1) is 5.54 Å². The second-order valence-corrected chi connectivity index (χ2v) is 10.0. The van der Waals surface area contributed by atoms with Crippen molar-refractivity contribution in [1.29, 1.82) is 0 Å². The monoisotopic (exact) mass is 454 g/mol. The van der Waals surface area contributed by atoms with Gasteiger partial charge >= 0.3 is 0 Å². The number of amides is 1. The van der Waals surface area contributed by atoms with Crippen molar-refractivity contribution in [3.63, 3.8) is 0 Å². The Labute approximate surface area is 181 Å². The molecule has 8 unspecified atom stereocenters. The first-order valence-electron chi connectivity index (χ1n) is 10.5. The highest BCUT2D eigenvalue weighted by Crippen LogP contribution is 2.41. The Balaban J connectivity index is 2.35. The van der Waals surface area contributed by atoms with Crippen LogP contribution in [0.25, 0.3) is 0 Å². The highest BCUT2D eigenvalue weighted by atomic mass is 32.2. The van der Waals surface area contributed by atoms with Crippen LogP contribution < -0.4 is 10.6 Å². The molecule has 0 aromatic rings. The molecule has 2 fully saturated rings. The number of carbonyl (C=O) groups is 1. The molecule has 10 heteroatoms. The summed E-state index contributed by atoms with van der Waals surface area (Å²) in [6, 6.07) is -0.360. The number of aliphatic hydroxyl groups is 3. The molecule has 176 valence electrons. The van der Waals surface area contributed by atoms with Gasteiger partial charge in [0.25, 0.3) is 0 Å². The van der Waals surface area contributed by atoms with E-state index in [1.54, 1.807) is 6.26 Å². The summed E-state index contributed by atoms with van der Waals surface area (Å²) in [7, 11) is 0. The Hall–Kier alpha value is -0.520. The van der Waals surface area contributed by atoms with Gasteiger partial charge in [-0.15, -0.1) is 11.8 Å². The second-order valence-electron chi connectivity index (χ2n) is 9.07. The van der Waals surface area contributed by atoms with Crippen molar-refractivity contribution < 1.29 is 33.6 Å². The highest BCUT2D eigenvalue weighted by Gasteiger charge is 2.58. The van der Waals surface area contributed by atoms with E-state index in [9.17, 15) is 28.9 Å². The summed E-state index contributed by atoms with van der Waals surface area (Å²) in [6.07, 6.45) is -2.79. The van der Waals surface area contributed by atoms with E-state index in [0.29, 0.717) is 19.4 Å². The lowest BCUT2D eigenvalue weighted by atomic mass is 9.70. The zero-order valence-electron chi connectivity index (χ0n) is 18.3. The smallest absolute Gasteiger partial charge is 0.245 e. The third kappa shape index (κ3) is 5.45. The summed E-state index contributed by atoms with van der Waals surface area (Å²) in [5.74, 6) is -3.30. The molecule has 0 radical (unpaired) electrons. The van der Waals surface area contributed by atoms with Crippen molar-refractivity contribution in [2.24, 2.45) is 11.8 Å². The zero-order valence-corrected chi connectivity index (χ0v) is 19.1. The summed E-state index contributed by atoms with van der Waals surface area (Å²) in [6.45, 7) is 6.55. The van der Waals surface area contributed by atoms with Gasteiger partial charge in [0.2, 0.25) is 11.8 Å². The molecule has 8 atom stereocenters. The van der Waals surface area contributed by atoms with Crippen molar-refractivity contribution in [2.75, 3.05) is 12.8 Å². The Morgan fingerprint density at radius 1 is 1.27 bits per heavy atom. The number of halogens is 2. The largest absolute Gasteiger partial charge is 0.387 e. The third-order valence-electron chi connectivity index (χ3n) is 6.41. The molecular weight excluding hydrogens is 418 g/mol. The van der Waals surface area contributed by atoms with E-state index in [-0.39, 0.29) is 30.2 Å². The van der Waals surface area contributed by atoms with Crippen LogP contribution in [-0.2, 0) is 9.53 Å². The molecule has 2 aliphatic heterocycles. The first-order valence-corrected chi connectivity index (χ1v) is 11.7. The molecule has 0 bridgehead atoms. The number of nitrogens with one attached hydrogen (secondary N) is 2. The standard InChI is InChI=1S/C20H36F2N2O5S/c1-10(2)20(24-11(3)25,13-8-12(9-23-13)6-7-19(4,21)22)17-15(27)14(26)16(28)18(29-17)30-5/h10,12-18,23,26-28H,6-9H2,1-5H3,(H,24,25). The van der Waals surface area contributed by atoms with Crippen molar-refractivity contribution in [3.8, 4) is 0 Å². The lowest BCUT2D eigenvalue weighted by molar-refractivity contribution is -0.226. The van der Waals surface area contributed by atoms with Crippen molar-refractivity contribution >= 4 is 17.7 Å². The number of alkyl halides is 2. The minimum Gasteiger partial charge on any atom is -0.387 e. The molecule has 0 aromatic carbocycles. The maximum absolute atomic E-state index is 13.3. The summed E-state index contributed by atoms with van der Waals surface area (Å²) in [5, 5.41) is 37.8. The molecule has 2 heterocycles. The SMILES string of the molecule is CSC1OC(C(NC(C)=O)(C(C)C)C2CC(CCC(C)(F)F)CN2)C(O)C(O)C1O. The van der Waals surface area contributed by atoms with Gasteiger partial charge in [0.1, 0.15) is 29.9 Å². The minimum atomic E-state index is -2.74. The number of ether oxygens (including phenoxy) is 1. The van der Waals surface area contributed by atoms with E-state index < -0.39 is 41.3 Å². The molecule has 2 aliphatic rings. The normalized spacial score (nSPS) is 37.2. The fourth-order valence-electron chi connectivity index (χ4n) is 4.82. The number of hydrogen-bond acceptors (Lipinski definition) is 7. The summed E-state index contributed by atoms with van der Waals surface area (Å²) >= 11 is 1.20. The number of thioether (sulfide) groups is 1. The highest BCUT2D eigenvalue weighted by molar-refractivity contribution is 7.99. The zero-order chi connectivity index (χ0) is 22.9. The van der Waals surface area contributed by atoms with E-state index in [1.165, 1.54) is 18.7 Å². The van der Waals surface area contributed by atoms with Crippen LogP contribution in [0.4, 0.5) is 8.78 Å². The topological polar surface area (TPSA) is 111 Å². The molecular formula is C20H36F2N2O5S. The number of carbonyl (C=O) groups excluding carboxylic acids is 1. The van der Waals surface area contributed by atoms with Gasteiger partial charge in [-0.2, -0.15) is 0 Å². The molecule has 0 saturated carbocycles. The third-order valence-corrected chi connectivity index (χ3v) is 7.27. The van der Waals surface area contributed by atoms with Gasteiger partial charge in [-0.25, -0.2) is 8.78 Å². The van der Waals surface area contributed by atoms with Gasteiger partial charge in [-0.1, -0.05) is 13.8 Å². The molecule has 7 nitrogen and oxygen atoms in total. The summed E-state index contributed by atoms with van der Waals surface area (Å²) in [4.78, 5) is 12.2. The van der Waals surface area contributed by atoms with Crippen LogP contribution in [0.2, 0.25) is 0 Å². The van der Waals surface area contributed by atoms with E-state index >= 15 is 0 Å². The Morgan fingerprint density at radius 3 is 2.40 bits per heavy atom. The van der Waals surface area contributed by atoms with Gasteiger partial charge < -0.3 is 30.7 Å². The van der Waals surface area contributed by atoms with Crippen LogP contribution in [-0.4, -0.2) is 81.4 Å². The first kappa shape index (κ1) is 25.7. The van der Waals surface area contributed by atoms with Crippen LogP contribution in [0.5, 0.6) is 0 Å². The quantitative estimate of drug-likeness (QED) is 0.374. The lowest BCUT2D eigenvalue weighted by Crippen LogP contribution is -2.75. The fourth-order valence-corrected chi connectivity index (χ4v) is 5.50. The molecule has 0 spiro atoms. The average Bonchev–Trinajstić information content (AvgIpc) is 3.11. The molecule has 5 N–H and O–H groups in total. The number of aliphatic hydroxyl groups excluding tert-OH is 3. The Morgan fingerprint density at radius 2 is 1.90 bits per heavy atom. The van der Waals surface area contributed by atoms with Crippen LogP contribution in [0.15, 0.2) is 0 Å². The maximum Gasteiger partial charge on any atom is 0.245 e. The van der Waals surface area contributed by atoms with Crippen LogP contribution in [0.3, 0.4) is 0 Å². The minimum absolute atomic E-state index is 0.0136. The fraction of sp³-hybridized carbons (Fsp3) is 0.950. The van der Waals surface area contributed by atoms with Crippen LogP contribution in [0.1, 0.15) is 47.0 Å². The van der Waals surface area contributed by atoms with E-state index in [1.807, 2.05) is 13.8 Å². The van der Waals surface area contributed by atoms with E-state index in [0.717, 1.165) is 6.92 Å². The number of hydrogen-bond donors (Lipinski definition) is 5. The van der Waals surface area contributed by atoms with Crippen LogP contribution >= 0.6 is 11.8 Å².